The standard InChI is InChI=1S/C16H16N6O/c17-15(20-19-13-7-3-1-4-8-13)11-23-16-18-12-22(21-16)14-9-5-2-6-10-14/h1-10,12,19H,11H2,(H2,17,20). The van der Waals surface area contributed by atoms with Crippen LogP contribution in [0, 0.1) is 0 Å². The molecule has 0 amide bonds. The van der Waals surface area contributed by atoms with Gasteiger partial charge in [-0.1, -0.05) is 36.4 Å². The number of nitrogens with one attached hydrogen (secondary N) is 1. The molecule has 0 spiro atoms. The molecule has 0 saturated heterocycles. The van der Waals surface area contributed by atoms with Crippen molar-refractivity contribution in [3.63, 3.8) is 0 Å². The van der Waals surface area contributed by atoms with Gasteiger partial charge in [-0.15, -0.1) is 5.10 Å². The minimum Gasteiger partial charge on any atom is -0.454 e. The molecule has 23 heavy (non-hydrogen) atoms. The molecule has 0 bridgehead atoms. The molecule has 0 radical (unpaired) electrons. The van der Waals surface area contributed by atoms with Crippen LogP contribution in [0.15, 0.2) is 72.1 Å². The van der Waals surface area contributed by atoms with Crippen LogP contribution in [-0.4, -0.2) is 27.2 Å². The maximum Gasteiger partial charge on any atom is 0.336 e. The lowest BCUT2D eigenvalue weighted by molar-refractivity contribution is 0.344. The number of rotatable bonds is 6. The SMILES string of the molecule is N/C(COc1ncn(-c2ccccc2)n1)=N\Nc1ccccc1. The average molecular weight is 308 g/mol. The quantitative estimate of drug-likeness (QED) is 0.413. The van der Waals surface area contributed by atoms with Gasteiger partial charge in [-0.3, -0.25) is 5.43 Å². The number of hydrogen-bond donors (Lipinski definition) is 2. The summed E-state index contributed by atoms with van der Waals surface area (Å²) in [6.45, 7) is 0.0959. The maximum atomic E-state index is 5.79. The molecular formula is C16H16N6O. The molecule has 7 nitrogen and oxygen atoms in total. The number of para-hydroxylation sites is 2. The summed E-state index contributed by atoms with van der Waals surface area (Å²) >= 11 is 0. The van der Waals surface area contributed by atoms with E-state index < -0.39 is 0 Å². The van der Waals surface area contributed by atoms with Crippen LogP contribution in [0.5, 0.6) is 6.01 Å². The van der Waals surface area contributed by atoms with E-state index >= 15 is 0 Å². The van der Waals surface area contributed by atoms with Gasteiger partial charge in [0.1, 0.15) is 6.33 Å². The van der Waals surface area contributed by atoms with Crippen LogP contribution < -0.4 is 15.9 Å². The number of anilines is 1. The second kappa shape index (κ2) is 7.08. The number of nitrogens with two attached hydrogens (primary N) is 1. The van der Waals surface area contributed by atoms with Gasteiger partial charge < -0.3 is 10.5 Å². The van der Waals surface area contributed by atoms with Gasteiger partial charge in [-0.05, 0) is 24.3 Å². The highest BCUT2D eigenvalue weighted by Gasteiger charge is 2.04. The summed E-state index contributed by atoms with van der Waals surface area (Å²) in [6.07, 6.45) is 1.58. The summed E-state index contributed by atoms with van der Waals surface area (Å²) in [5.74, 6) is 0.296. The van der Waals surface area contributed by atoms with Crippen LogP contribution in [0.3, 0.4) is 0 Å². The van der Waals surface area contributed by atoms with Gasteiger partial charge in [-0.2, -0.15) is 10.1 Å². The van der Waals surface area contributed by atoms with Crippen molar-refractivity contribution in [3.8, 4) is 11.7 Å². The van der Waals surface area contributed by atoms with Gasteiger partial charge in [0, 0.05) is 0 Å². The molecule has 0 aliphatic rings. The minimum atomic E-state index is 0.0959. The first-order valence-electron chi connectivity index (χ1n) is 7.04. The fourth-order valence-electron chi connectivity index (χ4n) is 1.84. The predicted octanol–water partition coefficient (Wildman–Crippen LogP) is 2.03. The lowest BCUT2D eigenvalue weighted by Gasteiger charge is -2.03. The van der Waals surface area contributed by atoms with Crippen molar-refractivity contribution in [1.29, 1.82) is 0 Å². The monoisotopic (exact) mass is 308 g/mol. The number of aromatic nitrogens is 3. The molecule has 7 heteroatoms. The van der Waals surface area contributed by atoms with Crippen molar-refractivity contribution < 1.29 is 4.74 Å². The predicted molar refractivity (Wildman–Crippen MR) is 88.5 cm³/mol. The third kappa shape index (κ3) is 4.07. The lowest BCUT2D eigenvalue weighted by atomic mass is 10.3. The maximum absolute atomic E-state index is 5.79. The summed E-state index contributed by atoms with van der Waals surface area (Å²) in [6, 6.07) is 19.4. The Labute approximate surface area is 133 Å². The van der Waals surface area contributed by atoms with Gasteiger partial charge in [0.05, 0.1) is 11.4 Å². The first-order valence-corrected chi connectivity index (χ1v) is 7.04. The zero-order valence-corrected chi connectivity index (χ0v) is 12.3. The highest BCUT2D eigenvalue weighted by atomic mass is 16.5. The summed E-state index contributed by atoms with van der Waals surface area (Å²) < 4.78 is 7.05. The van der Waals surface area contributed by atoms with Crippen molar-refractivity contribution in [3.05, 3.63) is 67.0 Å². The number of ether oxygens (including phenoxy) is 1. The highest BCUT2D eigenvalue weighted by molar-refractivity contribution is 5.82. The van der Waals surface area contributed by atoms with E-state index in [-0.39, 0.29) is 12.6 Å². The van der Waals surface area contributed by atoms with E-state index in [1.54, 1.807) is 11.0 Å². The Morgan fingerprint density at radius 1 is 1.09 bits per heavy atom. The van der Waals surface area contributed by atoms with E-state index in [4.69, 9.17) is 10.5 Å². The van der Waals surface area contributed by atoms with Crippen LogP contribution in [0.2, 0.25) is 0 Å². The van der Waals surface area contributed by atoms with Crippen LogP contribution >= 0.6 is 0 Å². The third-order valence-corrected chi connectivity index (χ3v) is 2.94. The van der Waals surface area contributed by atoms with Gasteiger partial charge in [-0.25, -0.2) is 4.68 Å². The Balaban J connectivity index is 1.55. The van der Waals surface area contributed by atoms with E-state index in [1.165, 1.54) is 0 Å². The van der Waals surface area contributed by atoms with Crippen molar-refractivity contribution in [2.45, 2.75) is 0 Å². The molecule has 3 aromatic rings. The molecule has 1 aromatic heterocycles. The first-order chi connectivity index (χ1) is 11.3. The summed E-state index contributed by atoms with van der Waals surface area (Å²) in [5, 5.41) is 8.25. The van der Waals surface area contributed by atoms with E-state index in [2.05, 4.69) is 20.6 Å². The van der Waals surface area contributed by atoms with E-state index in [1.807, 2.05) is 60.7 Å². The van der Waals surface area contributed by atoms with E-state index in [0.717, 1.165) is 11.4 Å². The van der Waals surface area contributed by atoms with Crippen LogP contribution in [0.1, 0.15) is 0 Å². The van der Waals surface area contributed by atoms with Crippen LogP contribution in [-0.2, 0) is 0 Å². The summed E-state index contributed by atoms with van der Waals surface area (Å²) in [4.78, 5) is 4.08. The largest absolute Gasteiger partial charge is 0.454 e. The summed E-state index contributed by atoms with van der Waals surface area (Å²) in [7, 11) is 0. The molecule has 116 valence electrons. The zero-order chi connectivity index (χ0) is 15.9. The Morgan fingerprint density at radius 2 is 1.78 bits per heavy atom. The molecule has 1 heterocycles. The topological polar surface area (TPSA) is 90.4 Å². The molecule has 0 atom stereocenters. The molecule has 3 rings (SSSR count). The number of benzene rings is 2. The molecule has 0 fully saturated rings. The highest BCUT2D eigenvalue weighted by Crippen LogP contribution is 2.08. The fourth-order valence-corrected chi connectivity index (χ4v) is 1.84. The Bertz CT molecular complexity index is 770. The van der Waals surface area contributed by atoms with Crippen molar-refractivity contribution in [2.75, 3.05) is 12.0 Å². The van der Waals surface area contributed by atoms with Gasteiger partial charge in [0.15, 0.2) is 12.4 Å². The number of nitrogens with zero attached hydrogens (tertiary/aromatic N) is 4. The van der Waals surface area contributed by atoms with Crippen LogP contribution in [0.4, 0.5) is 5.69 Å². The second-order valence-corrected chi connectivity index (χ2v) is 4.68. The Kier molecular flexibility index (Phi) is 4.49. The number of hydrogen-bond acceptors (Lipinski definition) is 5. The van der Waals surface area contributed by atoms with E-state index in [9.17, 15) is 0 Å². The lowest BCUT2D eigenvalue weighted by Crippen LogP contribution is -2.22. The molecule has 0 aliphatic carbocycles. The van der Waals surface area contributed by atoms with Crippen molar-refractivity contribution >= 4 is 11.5 Å². The first kappa shape index (κ1) is 14.6. The minimum absolute atomic E-state index is 0.0959. The van der Waals surface area contributed by atoms with E-state index in [0.29, 0.717) is 5.84 Å². The van der Waals surface area contributed by atoms with Gasteiger partial charge in [0.25, 0.3) is 0 Å². The molecule has 0 aliphatic heterocycles. The molecule has 3 N–H and O–H groups in total. The normalized spacial score (nSPS) is 11.2. The average Bonchev–Trinajstić information content (AvgIpc) is 3.09. The van der Waals surface area contributed by atoms with Crippen LogP contribution in [0.25, 0.3) is 5.69 Å². The molecule has 2 aromatic carbocycles. The fraction of sp³-hybridized carbons (Fsp3) is 0.0625. The molecular weight excluding hydrogens is 292 g/mol. The zero-order valence-electron chi connectivity index (χ0n) is 12.3. The second-order valence-electron chi connectivity index (χ2n) is 4.68. The van der Waals surface area contributed by atoms with Gasteiger partial charge in [0.2, 0.25) is 0 Å². The smallest absolute Gasteiger partial charge is 0.336 e. The van der Waals surface area contributed by atoms with Gasteiger partial charge >= 0.3 is 6.01 Å². The third-order valence-electron chi connectivity index (χ3n) is 2.94. The number of hydrazone groups is 1. The molecule has 0 unspecified atom stereocenters. The molecule has 0 saturated carbocycles. The Morgan fingerprint density at radius 3 is 2.52 bits per heavy atom. The number of amidine groups is 1. The van der Waals surface area contributed by atoms with Crippen molar-refractivity contribution in [1.82, 2.24) is 14.8 Å². The summed E-state index contributed by atoms with van der Waals surface area (Å²) in [5.41, 5.74) is 10.4. The van der Waals surface area contributed by atoms with Crippen molar-refractivity contribution in [2.24, 2.45) is 10.8 Å². The Hall–Kier alpha value is -3.35.